The minimum atomic E-state index is -1.00. The number of benzene rings is 2. The van der Waals surface area contributed by atoms with E-state index in [1.165, 1.54) is 6.07 Å². The summed E-state index contributed by atoms with van der Waals surface area (Å²) >= 11 is 0. The summed E-state index contributed by atoms with van der Waals surface area (Å²) < 4.78 is 26.3. The van der Waals surface area contributed by atoms with Crippen LogP contribution in [0.4, 0.5) is 20.6 Å². The van der Waals surface area contributed by atoms with Gasteiger partial charge in [-0.05, 0) is 36.6 Å². The number of amides is 2. The number of para-hydroxylation sites is 1. The minimum absolute atomic E-state index is 0.216. The SMILES string of the molecule is CS(=O)Cc1ccccc1NC(=O)N1CC2(CCCC2)c2c(F)cccc21. The fraction of sp³-hybridized carbons (Fsp3) is 0.381. The zero-order valence-corrected chi connectivity index (χ0v) is 16.2. The van der Waals surface area contributed by atoms with Crippen molar-refractivity contribution in [2.75, 3.05) is 23.0 Å². The molecule has 142 valence electrons. The summed E-state index contributed by atoms with van der Waals surface area (Å²) in [4.78, 5) is 14.8. The van der Waals surface area contributed by atoms with Gasteiger partial charge in [0.25, 0.3) is 0 Å². The molecule has 2 aromatic carbocycles. The standard InChI is InChI=1S/C21H23FN2O2S/c1-27(26)13-15-7-2-3-9-17(15)23-20(25)24-14-21(11-4-5-12-21)19-16(22)8-6-10-18(19)24/h2-3,6-10H,4-5,11-14H2,1H3,(H,23,25). The van der Waals surface area contributed by atoms with E-state index in [-0.39, 0.29) is 17.3 Å². The Balaban J connectivity index is 1.65. The molecule has 1 unspecified atom stereocenters. The van der Waals surface area contributed by atoms with Gasteiger partial charge < -0.3 is 5.32 Å². The van der Waals surface area contributed by atoms with Crippen molar-refractivity contribution >= 4 is 28.2 Å². The molecule has 1 aliphatic carbocycles. The van der Waals surface area contributed by atoms with Gasteiger partial charge in [-0.3, -0.25) is 9.11 Å². The van der Waals surface area contributed by atoms with Crippen molar-refractivity contribution in [2.45, 2.75) is 36.9 Å². The number of nitrogens with one attached hydrogen (secondary N) is 1. The van der Waals surface area contributed by atoms with Crippen LogP contribution in [0.15, 0.2) is 42.5 Å². The van der Waals surface area contributed by atoms with Crippen molar-refractivity contribution in [2.24, 2.45) is 0 Å². The molecule has 1 aliphatic heterocycles. The maximum Gasteiger partial charge on any atom is 0.326 e. The normalized spacial score (nSPS) is 18.5. The van der Waals surface area contributed by atoms with Crippen molar-refractivity contribution < 1.29 is 13.4 Å². The number of urea groups is 1. The van der Waals surface area contributed by atoms with Gasteiger partial charge in [0.1, 0.15) is 5.82 Å². The van der Waals surface area contributed by atoms with Crippen LogP contribution in [0.3, 0.4) is 0 Å². The average molecular weight is 386 g/mol. The molecule has 4 rings (SSSR count). The van der Waals surface area contributed by atoms with Gasteiger partial charge in [-0.25, -0.2) is 9.18 Å². The molecule has 0 radical (unpaired) electrons. The lowest BCUT2D eigenvalue weighted by Crippen LogP contribution is -2.38. The van der Waals surface area contributed by atoms with Gasteiger partial charge in [-0.1, -0.05) is 37.1 Å². The van der Waals surface area contributed by atoms with Crippen molar-refractivity contribution in [1.29, 1.82) is 0 Å². The van der Waals surface area contributed by atoms with E-state index in [1.807, 2.05) is 30.3 Å². The number of hydrogen-bond donors (Lipinski definition) is 1. The van der Waals surface area contributed by atoms with Crippen LogP contribution in [0, 0.1) is 5.82 Å². The second-order valence-electron chi connectivity index (χ2n) is 7.51. The first-order chi connectivity index (χ1) is 13.0. The van der Waals surface area contributed by atoms with Crippen LogP contribution in [0.2, 0.25) is 0 Å². The molecule has 4 nitrogen and oxygen atoms in total. The summed E-state index contributed by atoms with van der Waals surface area (Å²) in [7, 11) is -1.00. The Bertz CT molecular complexity index is 909. The fourth-order valence-corrected chi connectivity index (χ4v) is 5.23. The van der Waals surface area contributed by atoms with Crippen LogP contribution in [0.25, 0.3) is 0 Å². The van der Waals surface area contributed by atoms with Crippen LogP contribution >= 0.6 is 0 Å². The highest BCUT2D eigenvalue weighted by molar-refractivity contribution is 7.83. The average Bonchev–Trinajstić information content (AvgIpc) is 3.23. The zero-order chi connectivity index (χ0) is 19.0. The van der Waals surface area contributed by atoms with E-state index in [4.69, 9.17) is 0 Å². The summed E-state index contributed by atoms with van der Waals surface area (Å²) in [5, 5.41) is 2.95. The molecule has 1 atom stereocenters. The van der Waals surface area contributed by atoms with Gasteiger partial charge in [-0.15, -0.1) is 0 Å². The first kappa shape index (κ1) is 18.2. The third-order valence-electron chi connectivity index (χ3n) is 5.70. The first-order valence-corrected chi connectivity index (χ1v) is 11.0. The van der Waals surface area contributed by atoms with E-state index < -0.39 is 10.8 Å². The predicted octanol–water partition coefficient (Wildman–Crippen LogP) is 4.57. The van der Waals surface area contributed by atoms with Crippen molar-refractivity contribution in [3.05, 3.63) is 59.4 Å². The topological polar surface area (TPSA) is 49.4 Å². The Kier molecular flexibility index (Phi) is 4.76. The van der Waals surface area contributed by atoms with E-state index in [9.17, 15) is 13.4 Å². The number of fused-ring (bicyclic) bond motifs is 2. The van der Waals surface area contributed by atoms with E-state index >= 15 is 0 Å². The lowest BCUT2D eigenvalue weighted by atomic mass is 9.80. The summed E-state index contributed by atoms with van der Waals surface area (Å²) in [6.45, 7) is 0.511. The van der Waals surface area contributed by atoms with E-state index in [0.717, 1.165) is 31.2 Å². The Morgan fingerprint density at radius 3 is 2.67 bits per heavy atom. The number of hydrogen-bond acceptors (Lipinski definition) is 2. The van der Waals surface area contributed by atoms with Crippen LogP contribution in [-0.4, -0.2) is 23.0 Å². The highest BCUT2D eigenvalue weighted by Gasteiger charge is 2.48. The molecule has 27 heavy (non-hydrogen) atoms. The minimum Gasteiger partial charge on any atom is -0.307 e. The number of carbonyl (C=O) groups excluding carboxylic acids is 1. The summed E-state index contributed by atoms with van der Waals surface area (Å²) in [6, 6.07) is 12.1. The largest absolute Gasteiger partial charge is 0.326 e. The molecule has 2 amide bonds. The van der Waals surface area contributed by atoms with Crippen molar-refractivity contribution in [3.8, 4) is 0 Å². The van der Waals surface area contributed by atoms with Gasteiger partial charge >= 0.3 is 6.03 Å². The second-order valence-corrected chi connectivity index (χ2v) is 8.95. The number of carbonyl (C=O) groups is 1. The Labute approximate surface area is 161 Å². The summed E-state index contributed by atoms with van der Waals surface area (Å²) in [5.74, 6) is 0.164. The molecule has 6 heteroatoms. The van der Waals surface area contributed by atoms with Crippen LogP contribution in [0.5, 0.6) is 0 Å². The molecule has 1 saturated carbocycles. The van der Waals surface area contributed by atoms with Gasteiger partial charge in [0.2, 0.25) is 0 Å². The Morgan fingerprint density at radius 1 is 1.19 bits per heavy atom. The Hall–Kier alpha value is -2.21. The molecule has 2 aromatic rings. The second kappa shape index (κ2) is 7.08. The summed E-state index contributed by atoms with van der Waals surface area (Å²) in [6.07, 6.45) is 5.59. The maximum absolute atomic E-state index is 14.7. The molecule has 0 saturated heterocycles. The lowest BCUT2D eigenvalue weighted by molar-refractivity contribution is 0.256. The van der Waals surface area contributed by atoms with Gasteiger partial charge in [0.05, 0.1) is 11.4 Å². The van der Waals surface area contributed by atoms with Crippen LogP contribution < -0.4 is 10.2 Å². The molecular formula is C21H23FN2O2S. The molecule has 0 aromatic heterocycles. The van der Waals surface area contributed by atoms with Crippen molar-refractivity contribution in [3.63, 3.8) is 0 Å². The van der Waals surface area contributed by atoms with Crippen molar-refractivity contribution in [1.82, 2.24) is 0 Å². The third kappa shape index (κ3) is 3.27. The molecule has 1 heterocycles. The number of anilines is 2. The first-order valence-electron chi connectivity index (χ1n) is 9.26. The van der Waals surface area contributed by atoms with Gasteiger partial charge in [0.15, 0.2) is 0 Å². The van der Waals surface area contributed by atoms with Gasteiger partial charge in [0, 0.05) is 40.3 Å². The number of rotatable bonds is 3. The lowest BCUT2D eigenvalue weighted by Gasteiger charge is -2.25. The van der Waals surface area contributed by atoms with E-state index in [2.05, 4.69) is 5.32 Å². The molecular weight excluding hydrogens is 363 g/mol. The molecule has 0 bridgehead atoms. The predicted molar refractivity (Wildman–Crippen MR) is 107 cm³/mol. The summed E-state index contributed by atoms with van der Waals surface area (Å²) in [5.41, 5.74) is 2.60. The fourth-order valence-electron chi connectivity index (χ4n) is 4.54. The quantitative estimate of drug-likeness (QED) is 0.840. The monoisotopic (exact) mass is 386 g/mol. The highest BCUT2D eigenvalue weighted by atomic mass is 32.2. The van der Waals surface area contributed by atoms with Crippen LogP contribution in [0.1, 0.15) is 36.8 Å². The molecule has 1 N–H and O–H groups in total. The van der Waals surface area contributed by atoms with E-state index in [1.54, 1.807) is 17.2 Å². The van der Waals surface area contributed by atoms with Gasteiger partial charge in [-0.2, -0.15) is 0 Å². The number of halogens is 1. The Morgan fingerprint density at radius 2 is 1.93 bits per heavy atom. The van der Waals surface area contributed by atoms with Crippen LogP contribution in [-0.2, 0) is 22.0 Å². The molecule has 1 fully saturated rings. The zero-order valence-electron chi connectivity index (χ0n) is 15.3. The molecule has 2 aliphatic rings. The number of nitrogens with zero attached hydrogens (tertiary/aromatic N) is 1. The third-order valence-corrected chi connectivity index (χ3v) is 6.41. The maximum atomic E-state index is 14.7. The smallest absolute Gasteiger partial charge is 0.307 e. The van der Waals surface area contributed by atoms with E-state index in [0.29, 0.717) is 29.2 Å². The highest BCUT2D eigenvalue weighted by Crippen LogP contribution is 2.51. The molecule has 1 spiro atoms.